The Morgan fingerprint density at radius 3 is 3.13 bits per heavy atom. The highest BCUT2D eigenvalue weighted by molar-refractivity contribution is 5.34. The van der Waals surface area contributed by atoms with Gasteiger partial charge in [-0.15, -0.1) is 0 Å². The third-order valence-electron chi connectivity index (χ3n) is 2.84. The first-order valence-corrected chi connectivity index (χ1v) is 5.36. The fourth-order valence-electron chi connectivity index (χ4n) is 2.11. The molecule has 0 radical (unpaired) electrons. The Bertz CT molecular complexity index is 351. The van der Waals surface area contributed by atoms with Crippen molar-refractivity contribution in [2.75, 3.05) is 6.54 Å². The standard InChI is InChI=1S/C12H16FNO/c1-8(15)7-14-12-5-2-9-6-10(13)3-4-11(9)12/h3-4,6,8,12,14-15H,2,5,7H2,1H3/t8-,12?/m1/s1. The van der Waals surface area contributed by atoms with Gasteiger partial charge in [0, 0.05) is 12.6 Å². The van der Waals surface area contributed by atoms with Crippen LogP contribution in [0.15, 0.2) is 18.2 Å². The van der Waals surface area contributed by atoms with Crippen LogP contribution in [0.2, 0.25) is 0 Å². The summed E-state index contributed by atoms with van der Waals surface area (Å²) in [6.07, 6.45) is 1.57. The highest BCUT2D eigenvalue weighted by Crippen LogP contribution is 2.31. The van der Waals surface area contributed by atoms with Gasteiger partial charge in [-0.25, -0.2) is 4.39 Å². The molecule has 0 aromatic heterocycles. The Kier molecular flexibility index (Phi) is 3.03. The van der Waals surface area contributed by atoms with E-state index < -0.39 is 0 Å². The summed E-state index contributed by atoms with van der Waals surface area (Å²) in [7, 11) is 0. The maximum atomic E-state index is 12.9. The molecule has 3 heteroatoms. The van der Waals surface area contributed by atoms with Gasteiger partial charge in [-0.2, -0.15) is 0 Å². The zero-order valence-electron chi connectivity index (χ0n) is 8.83. The molecule has 1 unspecified atom stereocenters. The van der Waals surface area contributed by atoms with Gasteiger partial charge in [-0.05, 0) is 43.0 Å². The van der Waals surface area contributed by atoms with Crippen LogP contribution in [-0.2, 0) is 6.42 Å². The lowest BCUT2D eigenvalue weighted by molar-refractivity contribution is 0.186. The van der Waals surface area contributed by atoms with Gasteiger partial charge in [0.1, 0.15) is 5.82 Å². The minimum atomic E-state index is -0.338. The molecule has 15 heavy (non-hydrogen) atoms. The maximum Gasteiger partial charge on any atom is 0.123 e. The summed E-state index contributed by atoms with van der Waals surface area (Å²) in [5, 5.41) is 12.5. The van der Waals surface area contributed by atoms with Crippen LogP contribution in [-0.4, -0.2) is 17.8 Å². The molecule has 2 N–H and O–H groups in total. The number of aliphatic hydroxyl groups excluding tert-OH is 1. The van der Waals surface area contributed by atoms with Crippen molar-refractivity contribution >= 4 is 0 Å². The summed E-state index contributed by atoms with van der Waals surface area (Å²) in [6.45, 7) is 2.34. The third-order valence-corrected chi connectivity index (χ3v) is 2.84. The summed E-state index contributed by atoms with van der Waals surface area (Å²) in [5.74, 6) is -0.162. The molecule has 2 rings (SSSR count). The summed E-state index contributed by atoms with van der Waals surface area (Å²) < 4.78 is 12.9. The van der Waals surface area contributed by atoms with E-state index in [0.29, 0.717) is 6.54 Å². The smallest absolute Gasteiger partial charge is 0.123 e. The second-order valence-corrected chi connectivity index (χ2v) is 4.19. The van der Waals surface area contributed by atoms with Crippen molar-refractivity contribution in [3.8, 4) is 0 Å². The Balaban J connectivity index is 2.08. The van der Waals surface area contributed by atoms with Crippen molar-refractivity contribution in [1.82, 2.24) is 5.32 Å². The van der Waals surface area contributed by atoms with Crippen LogP contribution in [0, 0.1) is 5.82 Å². The Morgan fingerprint density at radius 2 is 2.40 bits per heavy atom. The first-order chi connectivity index (χ1) is 7.16. The number of hydrogen-bond acceptors (Lipinski definition) is 2. The van der Waals surface area contributed by atoms with Crippen molar-refractivity contribution in [2.24, 2.45) is 0 Å². The molecule has 0 spiro atoms. The van der Waals surface area contributed by atoms with E-state index in [1.54, 1.807) is 13.0 Å². The molecule has 2 nitrogen and oxygen atoms in total. The Hall–Kier alpha value is -0.930. The van der Waals surface area contributed by atoms with Gasteiger partial charge in [-0.1, -0.05) is 6.07 Å². The molecule has 1 aliphatic carbocycles. The maximum absolute atomic E-state index is 12.9. The second-order valence-electron chi connectivity index (χ2n) is 4.19. The van der Waals surface area contributed by atoms with Gasteiger partial charge in [0.15, 0.2) is 0 Å². The number of aryl methyl sites for hydroxylation is 1. The van der Waals surface area contributed by atoms with E-state index in [-0.39, 0.29) is 18.0 Å². The fourth-order valence-corrected chi connectivity index (χ4v) is 2.11. The topological polar surface area (TPSA) is 32.3 Å². The largest absolute Gasteiger partial charge is 0.392 e. The van der Waals surface area contributed by atoms with E-state index in [9.17, 15) is 9.50 Å². The van der Waals surface area contributed by atoms with Gasteiger partial charge in [0.25, 0.3) is 0 Å². The third kappa shape index (κ3) is 2.36. The van der Waals surface area contributed by atoms with Crippen LogP contribution in [0.5, 0.6) is 0 Å². The molecule has 0 amide bonds. The molecule has 1 aromatic rings. The zero-order valence-corrected chi connectivity index (χ0v) is 8.83. The monoisotopic (exact) mass is 209 g/mol. The van der Waals surface area contributed by atoms with Crippen LogP contribution in [0.4, 0.5) is 4.39 Å². The van der Waals surface area contributed by atoms with Gasteiger partial charge in [-0.3, -0.25) is 0 Å². The van der Waals surface area contributed by atoms with Gasteiger partial charge in [0.05, 0.1) is 6.10 Å². The van der Waals surface area contributed by atoms with Crippen LogP contribution >= 0.6 is 0 Å². The summed E-state index contributed by atoms with van der Waals surface area (Å²) in [4.78, 5) is 0. The SMILES string of the molecule is C[C@@H](O)CNC1CCc2cc(F)ccc21. The predicted molar refractivity (Wildman–Crippen MR) is 57.1 cm³/mol. The molecule has 0 saturated carbocycles. The highest BCUT2D eigenvalue weighted by Gasteiger charge is 2.22. The molecule has 0 fully saturated rings. The van der Waals surface area contributed by atoms with E-state index >= 15 is 0 Å². The summed E-state index contributed by atoms with van der Waals surface area (Å²) in [6, 6.07) is 5.23. The van der Waals surface area contributed by atoms with E-state index in [4.69, 9.17) is 0 Å². The first-order valence-electron chi connectivity index (χ1n) is 5.36. The van der Waals surface area contributed by atoms with E-state index in [2.05, 4.69) is 5.32 Å². The lowest BCUT2D eigenvalue weighted by atomic mass is 10.1. The number of rotatable bonds is 3. The quantitative estimate of drug-likeness (QED) is 0.795. The fraction of sp³-hybridized carbons (Fsp3) is 0.500. The van der Waals surface area contributed by atoms with E-state index in [1.165, 1.54) is 11.6 Å². The van der Waals surface area contributed by atoms with Crippen molar-refractivity contribution < 1.29 is 9.50 Å². The van der Waals surface area contributed by atoms with E-state index in [1.807, 2.05) is 6.07 Å². The minimum absolute atomic E-state index is 0.162. The van der Waals surface area contributed by atoms with Crippen LogP contribution in [0.25, 0.3) is 0 Å². The van der Waals surface area contributed by atoms with Gasteiger partial charge >= 0.3 is 0 Å². The number of halogens is 1. The van der Waals surface area contributed by atoms with Crippen molar-refractivity contribution in [2.45, 2.75) is 31.9 Å². The molecule has 0 aliphatic heterocycles. The number of fused-ring (bicyclic) bond motifs is 1. The second kappa shape index (κ2) is 4.29. The number of nitrogens with one attached hydrogen (secondary N) is 1. The van der Waals surface area contributed by atoms with Crippen LogP contribution in [0.1, 0.15) is 30.5 Å². The summed E-state index contributed by atoms with van der Waals surface area (Å²) in [5.41, 5.74) is 2.27. The Morgan fingerprint density at radius 1 is 1.60 bits per heavy atom. The number of benzene rings is 1. The van der Waals surface area contributed by atoms with Crippen molar-refractivity contribution in [1.29, 1.82) is 0 Å². The number of aliphatic hydroxyl groups is 1. The summed E-state index contributed by atoms with van der Waals surface area (Å²) >= 11 is 0. The predicted octanol–water partition coefficient (Wildman–Crippen LogP) is 1.78. The van der Waals surface area contributed by atoms with Crippen LogP contribution in [0.3, 0.4) is 0 Å². The zero-order chi connectivity index (χ0) is 10.8. The molecular weight excluding hydrogens is 193 g/mol. The lowest BCUT2D eigenvalue weighted by Crippen LogP contribution is -2.27. The lowest BCUT2D eigenvalue weighted by Gasteiger charge is -2.15. The molecule has 2 atom stereocenters. The van der Waals surface area contributed by atoms with Gasteiger partial charge in [0.2, 0.25) is 0 Å². The van der Waals surface area contributed by atoms with Crippen LogP contribution < -0.4 is 5.32 Å². The molecule has 1 aromatic carbocycles. The molecule has 0 bridgehead atoms. The first kappa shape index (κ1) is 10.6. The average molecular weight is 209 g/mol. The minimum Gasteiger partial charge on any atom is -0.392 e. The highest BCUT2D eigenvalue weighted by atomic mass is 19.1. The van der Waals surface area contributed by atoms with E-state index in [0.717, 1.165) is 18.4 Å². The Labute approximate surface area is 89.1 Å². The molecular formula is C12H16FNO. The molecule has 0 heterocycles. The van der Waals surface area contributed by atoms with Crippen molar-refractivity contribution in [3.63, 3.8) is 0 Å². The van der Waals surface area contributed by atoms with Crippen molar-refractivity contribution in [3.05, 3.63) is 35.1 Å². The average Bonchev–Trinajstić information content (AvgIpc) is 2.57. The molecule has 82 valence electrons. The molecule has 1 aliphatic rings. The van der Waals surface area contributed by atoms with Gasteiger partial charge < -0.3 is 10.4 Å². The number of hydrogen-bond donors (Lipinski definition) is 2. The molecule has 0 saturated heterocycles. The normalized spacial score (nSPS) is 21.4.